The van der Waals surface area contributed by atoms with Gasteiger partial charge in [0.25, 0.3) is 0 Å². The number of ketones is 1. The molecule has 0 amide bonds. The first-order valence-electron chi connectivity index (χ1n) is 5.10. The molecular formula is C11H16O2. The van der Waals surface area contributed by atoms with Crippen LogP contribution in [-0.2, 0) is 4.79 Å². The van der Waals surface area contributed by atoms with Crippen LogP contribution >= 0.6 is 0 Å². The summed E-state index contributed by atoms with van der Waals surface area (Å²) in [5.41, 5.74) is 0. The van der Waals surface area contributed by atoms with Gasteiger partial charge in [-0.25, -0.2) is 0 Å². The summed E-state index contributed by atoms with van der Waals surface area (Å²) in [6, 6.07) is 0. The molecule has 72 valence electrons. The zero-order valence-corrected chi connectivity index (χ0v) is 7.94. The van der Waals surface area contributed by atoms with E-state index >= 15 is 0 Å². The average Bonchev–Trinajstić information content (AvgIpc) is 2.48. The van der Waals surface area contributed by atoms with Crippen molar-refractivity contribution in [3.05, 3.63) is 12.2 Å². The average molecular weight is 180 g/mol. The Hall–Kier alpha value is -0.630. The number of rotatable bonds is 2. The molecule has 0 bridgehead atoms. The van der Waals surface area contributed by atoms with Gasteiger partial charge in [0.1, 0.15) is 5.78 Å². The largest absolute Gasteiger partial charge is 0.388 e. The molecular weight excluding hydrogens is 164 g/mol. The summed E-state index contributed by atoms with van der Waals surface area (Å²) in [6.07, 6.45) is 6.38. The van der Waals surface area contributed by atoms with Gasteiger partial charge in [0.2, 0.25) is 0 Å². The van der Waals surface area contributed by atoms with E-state index in [0.717, 1.165) is 12.8 Å². The van der Waals surface area contributed by atoms with E-state index in [1.807, 2.05) is 13.0 Å². The SMILES string of the molecule is C/C=C/C(O)C1C(=O)[C@@H]2CCC[C@H]12. The van der Waals surface area contributed by atoms with Crippen molar-refractivity contribution in [3.8, 4) is 0 Å². The number of allylic oxidation sites excluding steroid dienone is 1. The van der Waals surface area contributed by atoms with Gasteiger partial charge in [-0.05, 0) is 25.7 Å². The predicted octanol–water partition coefficient (Wildman–Crippen LogP) is 1.54. The number of fused-ring (bicyclic) bond motifs is 1. The zero-order valence-electron chi connectivity index (χ0n) is 7.94. The smallest absolute Gasteiger partial charge is 0.142 e. The number of aliphatic hydroxyl groups excluding tert-OH is 1. The molecule has 0 spiro atoms. The van der Waals surface area contributed by atoms with Crippen LogP contribution in [0.4, 0.5) is 0 Å². The van der Waals surface area contributed by atoms with Gasteiger partial charge in [0.05, 0.1) is 12.0 Å². The molecule has 0 aliphatic heterocycles. The van der Waals surface area contributed by atoms with Gasteiger partial charge >= 0.3 is 0 Å². The van der Waals surface area contributed by atoms with Crippen molar-refractivity contribution in [1.82, 2.24) is 0 Å². The molecule has 2 fully saturated rings. The van der Waals surface area contributed by atoms with Gasteiger partial charge in [-0.15, -0.1) is 0 Å². The molecule has 4 atom stereocenters. The van der Waals surface area contributed by atoms with E-state index in [1.165, 1.54) is 6.42 Å². The van der Waals surface area contributed by atoms with Crippen LogP contribution in [-0.4, -0.2) is 17.0 Å². The lowest BCUT2D eigenvalue weighted by atomic mass is 9.63. The molecule has 0 radical (unpaired) electrons. The highest BCUT2D eigenvalue weighted by atomic mass is 16.3. The third kappa shape index (κ3) is 1.24. The normalized spacial score (nSPS) is 40.5. The Kier molecular flexibility index (Phi) is 2.24. The fraction of sp³-hybridized carbons (Fsp3) is 0.727. The van der Waals surface area contributed by atoms with E-state index in [0.29, 0.717) is 17.6 Å². The molecule has 2 rings (SSSR count). The van der Waals surface area contributed by atoms with E-state index in [-0.39, 0.29) is 5.92 Å². The highest BCUT2D eigenvalue weighted by molar-refractivity contribution is 5.91. The van der Waals surface area contributed by atoms with Crippen LogP contribution in [0.3, 0.4) is 0 Å². The van der Waals surface area contributed by atoms with Crippen LogP contribution in [0, 0.1) is 17.8 Å². The quantitative estimate of drug-likeness (QED) is 0.654. The van der Waals surface area contributed by atoms with Crippen LogP contribution in [0.25, 0.3) is 0 Å². The fourth-order valence-corrected chi connectivity index (χ4v) is 2.85. The molecule has 0 aromatic carbocycles. The van der Waals surface area contributed by atoms with Crippen molar-refractivity contribution in [2.24, 2.45) is 17.8 Å². The maximum atomic E-state index is 11.6. The van der Waals surface area contributed by atoms with E-state index in [9.17, 15) is 9.90 Å². The lowest BCUT2D eigenvalue weighted by molar-refractivity contribution is -0.146. The number of Topliss-reactive ketones (excluding diaryl/α,β-unsaturated/α-hetero) is 1. The summed E-state index contributed by atoms with van der Waals surface area (Å²) in [7, 11) is 0. The van der Waals surface area contributed by atoms with Gasteiger partial charge in [0, 0.05) is 5.92 Å². The first-order chi connectivity index (χ1) is 6.25. The van der Waals surface area contributed by atoms with E-state index < -0.39 is 6.10 Å². The molecule has 2 unspecified atom stereocenters. The van der Waals surface area contributed by atoms with Gasteiger partial charge < -0.3 is 5.11 Å². The fourth-order valence-electron chi connectivity index (χ4n) is 2.85. The van der Waals surface area contributed by atoms with Crippen molar-refractivity contribution < 1.29 is 9.90 Å². The zero-order chi connectivity index (χ0) is 9.42. The molecule has 0 saturated heterocycles. The Morgan fingerprint density at radius 1 is 1.54 bits per heavy atom. The maximum absolute atomic E-state index is 11.6. The van der Waals surface area contributed by atoms with Crippen LogP contribution in [0.1, 0.15) is 26.2 Å². The summed E-state index contributed by atoms with van der Waals surface area (Å²) in [4.78, 5) is 11.6. The molecule has 2 heteroatoms. The number of carbonyl (C=O) groups is 1. The van der Waals surface area contributed by atoms with Crippen molar-refractivity contribution in [2.45, 2.75) is 32.3 Å². The maximum Gasteiger partial charge on any atom is 0.142 e. The molecule has 2 nitrogen and oxygen atoms in total. The summed E-state index contributed by atoms with van der Waals surface area (Å²) >= 11 is 0. The Labute approximate surface area is 78.6 Å². The second-order valence-corrected chi connectivity index (χ2v) is 4.15. The molecule has 2 aliphatic carbocycles. The van der Waals surface area contributed by atoms with E-state index in [1.54, 1.807) is 6.08 Å². The van der Waals surface area contributed by atoms with Crippen molar-refractivity contribution in [2.75, 3.05) is 0 Å². The number of carbonyl (C=O) groups excluding carboxylic acids is 1. The summed E-state index contributed by atoms with van der Waals surface area (Å²) in [5, 5.41) is 9.68. The van der Waals surface area contributed by atoms with Crippen molar-refractivity contribution in [3.63, 3.8) is 0 Å². The molecule has 0 aromatic heterocycles. The Morgan fingerprint density at radius 3 is 3.00 bits per heavy atom. The van der Waals surface area contributed by atoms with E-state index in [2.05, 4.69) is 0 Å². The lowest BCUT2D eigenvalue weighted by Gasteiger charge is -2.40. The van der Waals surface area contributed by atoms with Crippen LogP contribution < -0.4 is 0 Å². The number of aliphatic hydroxyl groups is 1. The van der Waals surface area contributed by atoms with Crippen molar-refractivity contribution >= 4 is 5.78 Å². The van der Waals surface area contributed by atoms with Gasteiger partial charge in [-0.2, -0.15) is 0 Å². The molecule has 0 heterocycles. The minimum Gasteiger partial charge on any atom is -0.388 e. The minimum absolute atomic E-state index is 0.0799. The van der Waals surface area contributed by atoms with Crippen LogP contribution in [0.5, 0.6) is 0 Å². The van der Waals surface area contributed by atoms with Gasteiger partial charge in [0.15, 0.2) is 0 Å². The Morgan fingerprint density at radius 2 is 2.31 bits per heavy atom. The molecule has 13 heavy (non-hydrogen) atoms. The summed E-state index contributed by atoms with van der Waals surface area (Å²) < 4.78 is 0. The molecule has 0 aromatic rings. The summed E-state index contributed by atoms with van der Waals surface area (Å²) in [5.74, 6) is 1.00. The highest BCUT2D eigenvalue weighted by Crippen LogP contribution is 2.49. The Bertz CT molecular complexity index is 244. The van der Waals surface area contributed by atoms with Gasteiger partial charge in [-0.3, -0.25) is 4.79 Å². The standard InChI is InChI=1S/C11H16O2/c1-2-4-9(12)10-7-5-3-6-8(7)11(10)13/h2,4,7-10,12H,3,5-6H2,1H3/b4-2+/t7-,8+,9?,10?/m0/s1. The van der Waals surface area contributed by atoms with Crippen LogP contribution in [0.2, 0.25) is 0 Å². The highest BCUT2D eigenvalue weighted by Gasteiger charge is 2.53. The first kappa shape index (κ1) is 8.95. The minimum atomic E-state index is -0.531. The van der Waals surface area contributed by atoms with Crippen molar-refractivity contribution in [1.29, 1.82) is 0 Å². The third-order valence-electron chi connectivity index (χ3n) is 3.48. The topological polar surface area (TPSA) is 37.3 Å². The summed E-state index contributed by atoms with van der Waals surface area (Å²) in [6.45, 7) is 1.87. The lowest BCUT2D eigenvalue weighted by Crippen LogP contribution is -2.49. The number of hydrogen-bond donors (Lipinski definition) is 1. The van der Waals surface area contributed by atoms with Crippen LogP contribution in [0.15, 0.2) is 12.2 Å². The van der Waals surface area contributed by atoms with E-state index in [4.69, 9.17) is 0 Å². The monoisotopic (exact) mass is 180 g/mol. The number of hydrogen-bond acceptors (Lipinski definition) is 2. The molecule has 2 saturated carbocycles. The third-order valence-corrected chi connectivity index (χ3v) is 3.48. The molecule has 1 N–H and O–H groups in total. The predicted molar refractivity (Wildman–Crippen MR) is 50.1 cm³/mol. The second-order valence-electron chi connectivity index (χ2n) is 4.15. The first-order valence-corrected chi connectivity index (χ1v) is 5.10. The molecule has 2 aliphatic rings. The Balaban J connectivity index is 2.05. The van der Waals surface area contributed by atoms with Gasteiger partial charge in [-0.1, -0.05) is 18.6 Å². The second kappa shape index (κ2) is 3.26.